The molecule has 0 bridgehead atoms. The minimum absolute atomic E-state index is 0.00379. The lowest BCUT2D eigenvalue weighted by molar-refractivity contribution is 0.550. The van der Waals surface area contributed by atoms with Gasteiger partial charge in [-0.05, 0) is 34.1 Å². The Labute approximate surface area is 161 Å². The van der Waals surface area contributed by atoms with E-state index in [0.717, 1.165) is 31.9 Å². The topological polar surface area (TPSA) is 13.1 Å². The number of thiol groups is 2. The molecule has 0 aliphatic carbocycles. The van der Waals surface area contributed by atoms with Gasteiger partial charge in [0, 0.05) is 26.3 Å². The van der Waals surface area contributed by atoms with Crippen molar-refractivity contribution in [3.05, 3.63) is 47.7 Å². The van der Waals surface area contributed by atoms with Crippen LogP contribution in [0.15, 0.2) is 50.8 Å². The van der Waals surface area contributed by atoms with Gasteiger partial charge in [-0.15, -0.1) is 25.3 Å². The predicted octanol–water partition coefficient (Wildman–Crippen LogP) is 7.27. The summed E-state index contributed by atoms with van der Waals surface area (Å²) in [6, 6.07) is 10.6. The summed E-state index contributed by atoms with van der Waals surface area (Å²) < 4.78 is 6.06. The number of furan rings is 1. The van der Waals surface area contributed by atoms with Crippen LogP contribution in [0, 0.1) is 0 Å². The number of hydrogen-bond donors (Lipinski definition) is 2. The zero-order chi connectivity index (χ0) is 18.6. The van der Waals surface area contributed by atoms with Gasteiger partial charge in [-0.25, -0.2) is 0 Å². The second-order valence-corrected chi connectivity index (χ2v) is 9.65. The Kier molecular flexibility index (Phi) is 4.53. The SMILES string of the molecule is CC(C)(C)c1cc(C(C)(C)C)c2occ(-c3cccc(S)c3S)c2c1. The molecule has 0 fully saturated rings. The molecule has 25 heavy (non-hydrogen) atoms. The molecule has 1 aromatic heterocycles. The lowest BCUT2D eigenvalue weighted by atomic mass is 9.79. The number of benzene rings is 2. The van der Waals surface area contributed by atoms with E-state index < -0.39 is 0 Å². The summed E-state index contributed by atoms with van der Waals surface area (Å²) in [5.41, 5.74) is 5.72. The molecule has 1 heterocycles. The highest BCUT2D eigenvalue weighted by molar-refractivity contribution is 7.83. The average molecular weight is 371 g/mol. The van der Waals surface area contributed by atoms with Gasteiger partial charge in [-0.2, -0.15) is 0 Å². The van der Waals surface area contributed by atoms with Gasteiger partial charge in [0.05, 0.1) is 6.26 Å². The van der Waals surface area contributed by atoms with Crippen molar-refractivity contribution in [1.82, 2.24) is 0 Å². The fourth-order valence-corrected chi connectivity index (χ4v) is 3.56. The lowest BCUT2D eigenvalue weighted by Crippen LogP contribution is -2.16. The molecule has 132 valence electrons. The standard InChI is InChI=1S/C22H26OS2/c1-21(2,3)13-10-15-16(14-8-7-9-18(24)20(14)25)12-23-19(15)17(11-13)22(4,5)6/h7-12,24-25H,1-6H3. The van der Waals surface area contributed by atoms with Gasteiger partial charge >= 0.3 is 0 Å². The van der Waals surface area contributed by atoms with Crippen LogP contribution in [0.25, 0.3) is 22.1 Å². The van der Waals surface area contributed by atoms with Crippen LogP contribution in [-0.4, -0.2) is 0 Å². The van der Waals surface area contributed by atoms with E-state index in [1.807, 2.05) is 18.4 Å². The third-order valence-electron chi connectivity index (χ3n) is 4.65. The second kappa shape index (κ2) is 6.14. The fourth-order valence-electron chi connectivity index (χ4n) is 3.08. The van der Waals surface area contributed by atoms with E-state index in [1.165, 1.54) is 11.1 Å². The van der Waals surface area contributed by atoms with Crippen molar-refractivity contribution in [2.75, 3.05) is 0 Å². The molecule has 3 heteroatoms. The van der Waals surface area contributed by atoms with Crippen LogP contribution >= 0.6 is 25.3 Å². The van der Waals surface area contributed by atoms with E-state index in [4.69, 9.17) is 4.42 Å². The van der Waals surface area contributed by atoms with Crippen LogP contribution in [0.2, 0.25) is 0 Å². The fraction of sp³-hybridized carbons (Fsp3) is 0.364. The van der Waals surface area contributed by atoms with Crippen LogP contribution in [0.1, 0.15) is 52.7 Å². The third kappa shape index (κ3) is 3.37. The van der Waals surface area contributed by atoms with Crippen molar-refractivity contribution in [2.45, 2.75) is 62.2 Å². The van der Waals surface area contributed by atoms with E-state index >= 15 is 0 Å². The molecule has 0 atom stereocenters. The number of fused-ring (bicyclic) bond motifs is 1. The maximum Gasteiger partial charge on any atom is 0.138 e. The Morgan fingerprint density at radius 3 is 2.12 bits per heavy atom. The minimum atomic E-state index is 0.00379. The zero-order valence-corrected chi connectivity index (χ0v) is 17.6. The van der Waals surface area contributed by atoms with Crippen molar-refractivity contribution >= 4 is 36.2 Å². The molecule has 0 aliphatic heterocycles. The van der Waals surface area contributed by atoms with Crippen molar-refractivity contribution in [1.29, 1.82) is 0 Å². The van der Waals surface area contributed by atoms with E-state index in [1.54, 1.807) is 0 Å². The molecule has 0 saturated heterocycles. The van der Waals surface area contributed by atoms with Crippen LogP contribution in [0.4, 0.5) is 0 Å². The summed E-state index contributed by atoms with van der Waals surface area (Å²) in [6.07, 6.45) is 1.86. The van der Waals surface area contributed by atoms with Gasteiger partial charge in [-0.1, -0.05) is 59.7 Å². The van der Waals surface area contributed by atoms with Gasteiger partial charge in [0.2, 0.25) is 0 Å². The summed E-state index contributed by atoms with van der Waals surface area (Å²) in [6.45, 7) is 13.4. The summed E-state index contributed by atoms with van der Waals surface area (Å²) in [5, 5.41) is 1.14. The first kappa shape index (κ1) is 18.5. The molecule has 0 unspecified atom stereocenters. The van der Waals surface area contributed by atoms with E-state index in [9.17, 15) is 0 Å². The van der Waals surface area contributed by atoms with Crippen molar-refractivity contribution in [3.8, 4) is 11.1 Å². The molecule has 0 amide bonds. The number of hydrogen-bond acceptors (Lipinski definition) is 3. The smallest absolute Gasteiger partial charge is 0.138 e. The first-order valence-corrected chi connectivity index (χ1v) is 9.47. The van der Waals surface area contributed by atoms with Gasteiger partial charge in [-0.3, -0.25) is 0 Å². The predicted molar refractivity (Wildman–Crippen MR) is 114 cm³/mol. The molecule has 3 rings (SSSR count). The molecular formula is C22H26OS2. The first-order valence-electron chi connectivity index (χ1n) is 8.57. The Morgan fingerprint density at radius 2 is 1.52 bits per heavy atom. The highest BCUT2D eigenvalue weighted by Gasteiger charge is 2.25. The van der Waals surface area contributed by atoms with E-state index in [0.29, 0.717) is 0 Å². The Morgan fingerprint density at radius 1 is 0.840 bits per heavy atom. The third-order valence-corrected chi connectivity index (χ3v) is 5.68. The second-order valence-electron chi connectivity index (χ2n) is 8.72. The molecule has 0 saturated carbocycles. The van der Waals surface area contributed by atoms with Gasteiger partial charge in [0.25, 0.3) is 0 Å². The van der Waals surface area contributed by atoms with Crippen LogP contribution in [-0.2, 0) is 10.8 Å². The lowest BCUT2D eigenvalue weighted by Gasteiger charge is -2.25. The molecule has 0 radical (unpaired) electrons. The van der Waals surface area contributed by atoms with Crippen LogP contribution < -0.4 is 0 Å². The quantitative estimate of drug-likeness (QED) is 0.429. The molecular weight excluding hydrogens is 344 g/mol. The Bertz CT molecular complexity index is 937. The molecule has 0 aliphatic rings. The van der Waals surface area contributed by atoms with Gasteiger partial charge in [0.15, 0.2) is 0 Å². The average Bonchev–Trinajstić information content (AvgIpc) is 2.91. The van der Waals surface area contributed by atoms with Crippen molar-refractivity contribution in [3.63, 3.8) is 0 Å². The summed E-state index contributed by atoms with van der Waals surface area (Å²) in [7, 11) is 0. The highest BCUT2D eigenvalue weighted by atomic mass is 32.1. The molecule has 0 spiro atoms. The summed E-state index contributed by atoms with van der Waals surface area (Å²) in [4.78, 5) is 1.75. The van der Waals surface area contributed by atoms with E-state index in [2.05, 4.69) is 85.0 Å². The van der Waals surface area contributed by atoms with Gasteiger partial charge < -0.3 is 4.42 Å². The maximum absolute atomic E-state index is 6.06. The van der Waals surface area contributed by atoms with Crippen LogP contribution in [0.5, 0.6) is 0 Å². The largest absolute Gasteiger partial charge is 0.463 e. The van der Waals surface area contributed by atoms with Crippen LogP contribution in [0.3, 0.4) is 0 Å². The molecule has 2 aromatic carbocycles. The zero-order valence-electron chi connectivity index (χ0n) is 15.8. The summed E-state index contributed by atoms with van der Waals surface area (Å²) >= 11 is 9.19. The Balaban J connectivity index is 2.39. The first-order chi connectivity index (χ1) is 11.5. The molecule has 1 nitrogen and oxygen atoms in total. The minimum Gasteiger partial charge on any atom is -0.463 e. The Hall–Kier alpha value is -1.32. The monoisotopic (exact) mass is 370 g/mol. The highest BCUT2D eigenvalue weighted by Crippen LogP contribution is 2.42. The van der Waals surface area contributed by atoms with Gasteiger partial charge in [0.1, 0.15) is 5.58 Å². The van der Waals surface area contributed by atoms with E-state index in [-0.39, 0.29) is 10.8 Å². The van der Waals surface area contributed by atoms with Crippen molar-refractivity contribution < 1.29 is 4.42 Å². The normalized spacial score (nSPS) is 12.8. The summed E-state index contributed by atoms with van der Waals surface area (Å²) in [5.74, 6) is 0. The molecule has 0 N–H and O–H groups in total. The maximum atomic E-state index is 6.06. The number of rotatable bonds is 1. The van der Waals surface area contributed by atoms with Crippen molar-refractivity contribution in [2.24, 2.45) is 0 Å². The molecule has 3 aromatic rings.